The van der Waals surface area contributed by atoms with Crippen LogP contribution in [0.3, 0.4) is 0 Å². The van der Waals surface area contributed by atoms with Crippen molar-refractivity contribution in [3.8, 4) is 0 Å². The van der Waals surface area contributed by atoms with E-state index >= 15 is 0 Å². The predicted octanol–water partition coefficient (Wildman–Crippen LogP) is 4.42. The number of nitrogens with zero attached hydrogens (tertiary/aromatic N) is 2. The van der Waals surface area contributed by atoms with E-state index in [0.717, 1.165) is 0 Å². The molecule has 3 rings (SSSR count). The molecule has 1 amide bonds. The smallest absolute Gasteiger partial charge is 0.266 e. The Morgan fingerprint density at radius 2 is 2.00 bits per heavy atom. The Bertz CT molecular complexity index is 783. The van der Waals surface area contributed by atoms with Crippen LogP contribution in [-0.2, 0) is 4.79 Å². The maximum absolute atomic E-state index is 12.9. The van der Waals surface area contributed by atoms with Crippen molar-refractivity contribution in [3.63, 3.8) is 0 Å². The summed E-state index contributed by atoms with van der Waals surface area (Å²) in [6, 6.07) is 9.31. The second-order valence-corrected chi connectivity index (χ2v) is 6.28. The van der Waals surface area contributed by atoms with Crippen molar-refractivity contribution in [1.29, 1.82) is 0 Å². The molecule has 0 N–H and O–H groups in total. The third-order valence-electron chi connectivity index (χ3n) is 2.92. The molecule has 0 radical (unpaired) electrons. The van der Waals surface area contributed by atoms with Crippen LogP contribution in [-0.4, -0.2) is 23.0 Å². The number of likely N-dealkylation sites (N-methyl/N-ethyl adjacent to an activating group) is 1. The van der Waals surface area contributed by atoms with Gasteiger partial charge in [-0.1, -0.05) is 0 Å². The van der Waals surface area contributed by atoms with Crippen molar-refractivity contribution in [2.24, 2.45) is 4.99 Å². The van der Waals surface area contributed by atoms with Crippen molar-refractivity contribution in [1.82, 2.24) is 4.90 Å². The monoisotopic (exact) mass is 380 g/mol. The topological polar surface area (TPSA) is 45.8 Å². The standard InChI is InChI=1S/C15H10BrFN2O2S/c1-19-14(20)12(8-11-6-7-13(16)21-11)22-15(19)18-10-4-2-9(17)3-5-10/h2-8H,1H3/b12-8+,18-15?. The van der Waals surface area contributed by atoms with Gasteiger partial charge in [-0.2, -0.15) is 0 Å². The molecule has 1 fully saturated rings. The van der Waals surface area contributed by atoms with Crippen molar-refractivity contribution in [2.45, 2.75) is 0 Å². The summed E-state index contributed by atoms with van der Waals surface area (Å²) < 4.78 is 18.9. The van der Waals surface area contributed by atoms with Gasteiger partial charge >= 0.3 is 0 Å². The fourth-order valence-corrected chi connectivity index (χ4v) is 3.10. The van der Waals surface area contributed by atoms with E-state index in [2.05, 4.69) is 20.9 Å². The van der Waals surface area contributed by atoms with E-state index in [1.807, 2.05) is 0 Å². The molecule has 0 bridgehead atoms. The van der Waals surface area contributed by atoms with E-state index in [0.29, 0.717) is 26.2 Å². The van der Waals surface area contributed by atoms with E-state index in [4.69, 9.17) is 4.42 Å². The van der Waals surface area contributed by atoms with Gasteiger partial charge in [-0.15, -0.1) is 0 Å². The van der Waals surface area contributed by atoms with Crippen LogP contribution < -0.4 is 0 Å². The van der Waals surface area contributed by atoms with Crippen LogP contribution in [0, 0.1) is 5.82 Å². The van der Waals surface area contributed by atoms with Gasteiger partial charge in [0.15, 0.2) is 9.84 Å². The third kappa shape index (κ3) is 3.15. The lowest BCUT2D eigenvalue weighted by molar-refractivity contribution is -0.121. The van der Waals surface area contributed by atoms with Gasteiger partial charge < -0.3 is 4.42 Å². The van der Waals surface area contributed by atoms with Crippen LogP contribution in [0.5, 0.6) is 0 Å². The number of halogens is 2. The first kappa shape index (κ1) is 15.1. The number of aliphatic imine (C=N–C) groups is 1. The molecule has 22 heavy (non-hydrogen) atoms. The van der Waals surface area contributed by atoms with E-state index in [1.54, 1.807) is 37.4 Å². The lowest BCUT2D eigenvalue weighted by Crippen LogP contribution is -2.23. The van der Waals surface area contributed by atoms with Crippen molar-refractivity contribution < 1.29 is 13.6 Å². The molecule has 0 aliphatic carbocycles. The number of benzene rings is 1. The number of rotatable bonds is 2. The summed E-state index contributed by atoms with van der Waals surface area (Å²) in [4.78, 5) is 18.6. The number of hydrogen-bond donors (Lipinski definition) is 0. The van der Waals surface area contributed by atoms with Gasteiger partial charge in [-0.3, -0.25) is 9.69 Å². The molecule has 2 heterocycles. The molecule has 112 valence electrons. The Morgan fingerprint density at radius 1 is 1.27 bits per heavy atom. The maximum Gasteiger partial charge on any atom is 0.266 e. The zero-order valence-corrected chi connectivity index (χ0v) is 13.8. The number of hydrogen-bond acceptors (Lipinski definition) is 4. The predicted molar refractivity (Wildman–Crippen MR) is 88.2 cm³/mol. The minimum absolute atomic E-state index is 0.154. The van der Waals surface area contributed by atoms with Gasteiger partial charge in [0.1, 0.15) is 11.6 Å². The van der Waals surface area contributed by atoms with E-state index in [9.17, 15) is 9.18 Å². The molecule has 1 aromatic heterocycles. The molecule has 1 aromatic carbocycles. The van der Waals surface area contributed by atoms with E-state index in [-0.39, 0.29) is 11.7 Å². The van der Waals surface area contributed by atoms with Crippen LogP contribution >= 0.6 is 27.7 Å². The lowest BCUT2D eigenvalue weighted by atomic mass is 10.3. The summed E-state index contributed by atoms with van der Waals surface area (Å²) in [5.41, 5.74) is 0.588. The van der Waals surface area contributed by atoms with E-state index in [1.165, 1.54) is 28.8 Å². The van der Waals surface area contributed by atoms with Gasteiger partial charge in [0.25, 0.3) is 5.91 Å². The highest BCUT2D eigenvalue weighted by atomic mass is 79.9. The number of amides is 1. The molecule has 1 aliphatic heterocycles. The molecular formula is C15H10BrFN2O2S. The number of amidine groups is 1. The Balaban J connectivity index is 1.88. The van der Waals surface area contributed by atoms with Gasteiger partial charge in [-0.05, 0) is 64.1 Å². The van der Waals surface area contributed by atoms with Crippen LogP contribution in [0.2, 0.25) is 0 Å². The molecule has 0 atom stereocenters. The normalized spacial score (nSPS) is 18.7. The molecule has 2 aromatic rings. The quantitative estimate of drug-likeness (QED) is 0.724. The number of carbonyl (C=O) groups is 1. The summed E-state index contributed by atoms with van der Waals surface area (Å²) in [6.45, 7) is 0. The second-order valence-electron chi connectivity index (χ2n) is 4.49. The van der Waals surface area contributed by atoms with E-state index < -0.39 is 0 Å². The lowest BCUT2D eigenvalue weighted by Gasteiger charge is -2.06. The summed E-state index contributed by atoms with van der Waals surface area (Å²) in [5, 5.41) is 0.536. The number of furan rings is 1. The van der Waals surface area contributed by atoms with Crippen LogP contribution in [0.15, 0.2) is 55.4 Å². The van der Waals surface area contributed by atoms with Crippen LogP contribution in [0.4, 0.5) is 10.1 Å². The first-order chi connectivity index (χ1) is 10.5. The number of carbonyl (C=O) groups excluding carboxylic acids is 1. The molecular weight excluding hydrogens is 371 g/mol. The SMILES string of the molecule is CN1C(=O)/C(=C\c2ccc(Br)o2)SC1=Nc1ccc(F)cc1. The Hall–Kier alpha value is -1.86. The first-order valence-corrected chi connectivity index (χ1v) is 7.91. The largest absolute Gasteiger partial charge is 0.450 e. The average molecular weight is 381 g/mol. The minimum Gasteiger partial charge on any atom is -0.450 e. The summed E-state index contributed by atoms with van der Waals surface area (Å²) in [5.74, 6) is 0.106. The highest BCUT2D eigenvalue weighted by Gasteiger charge is 2.30. The molecule has 1 aliphatic rings. The summed E-state index contributed by atoms with van der Waals surface area (Å²) in [7, 11) is 1.65. The summed E-state index contributed by atoms with van der Waals surface area (Å²) >= 11 is 4.47. The van der Waals surface area contributed by atoms with Gasteiger partial charge in [0, 0.05) is 13.1 Å². The fraction of sp³-hybridized carbons (Fsp3) is 0.0667. The second kappa shape index (κ2) is 6.10. The molecule has 4 nitrogen and oxygen atoms in total. The Labute approximate surface area is 138 Å². The number of thioether (sulfide) groups is 1. The fourth-order valence-electron chi connectivity index (χ4n) is 1.81. The Morgan fingerprint density at radius 3 is 2.64 bits per heavy atom. The van der Waals surface area contributed by atoms with Gasteiger partial charge in [-0.25, -0.2) is 9.38 Å². The van der Waals surface area contributed by atoms with Crippen molar-refractivity contribution in [2.75, 3.05) is 7.05 Å². The maximum atomic E-state index is 12.9. The first-order valence-electron chi connectivity index (χ1n) is 6.30. The zero-order chi connectivity index (χ0) is 15.7. The molecule has 0 unspecified atom stereocenters. The third-order valence-corrected chi connectivity index (χ3v) is 4.41. The van der Waals surface area contributed by atoms with Crippen molar-refractivity contribution in [3.05, 3.63) is 57.6 Å². The molecule has 1 saturated heterocycles. The minimum atomic E-state index is -0.323. The summed E-state index contributed by atoms with van der Waals surface area (Å²) in [6.07, 6.45) is 1.67. The average Bonchev–Trinajstić information content (AvgIpc) is 3.01. The Kier molecular flexibility index (Phi) is 4.17. The zero-order valence-electron chi connectivity index (χ0n) is 11.4. The van der Waals surface area contributed by atoms with Gasteiger partial charge in [0.05, 0.1) is 10.6 Å². The molecule has 0 spiro atoms. The molecule has 0 saturated carbocycles. The van der Waals surface area contributed by atoms with Gasteiger partial charge in [0.2, 0.25) is 0 Å². The van der Waals surface area contributed by atoms with Crippen LogP contribution in [0.1, 0.15) is 5.76 Å². The van der Waals surface area contributed by atoms with Crippen molar-refractivity contribution >= 4 is 50.5 Å². The van der Waals surface area contributed by atoms with Crippen LogP contribution in [0.25, 0.3) is 6.08 Å². The highest BCUT2D eigenvalue weighted by molar-refractivity contribution is 9.10. The molecule has 7 heteroatoms. The highest BCUT2D eigenvalue weighted by Crippen LogP contribution is 2.33.